The number of rotatable bonds is 4. The zero-order valence-electron chi connectivity index (χ0n) is 9.82. The molecule has 0 radical (unpaired) electrons. The second-order valence-corrected chi connectivity index (χ2v) is 5.33. The second-order valence-electron chi connectivity index (χ2n) is 4.48. The summed E-state index contributed by atoms with van der Waals surface area (Å²) in [5.41, 5.74) is 5.88. The van der Waals surface area contributed by atoms with E-state index in [2.05, 4.69) is 15.9 Å². The first kappa shape index (κ1) is 16.2. The highest BCUT2D eigenvalue weighted by Gasteiger charge is 2.36. The van der Waals surface area contributed by atoms with E-state index >= 15 is 0 Å². The number of nitro groups is 1. The number of halogens is 2. The molecule has 0 aromatic heterocycles. The third-order valence-electron chi connectivity index (χ3n) is 3.12. The van der Waals surface area contributed by atoms with Gasteiger partial charge in [-0.15, -0.1) is 12.4 Å². The summed E-state index contributed by atoms with van der Waals surface area (Å²) in [7, 11) is 0. The van der Waals surface area contributed by atoms with E-state index in [1.54, 1.807) is 0 Å². The van der Waals surface area contributed by atoms with E-state index in [4.69, 9.17) is 5.73 Å². The molecule has 0 bridgehead atoms. The van der Waals surface area contributed by atoms with Gasteiger partial charge in [0.25, 0.3) is 5.69 Å². The maximum absolute atomic E-state index is 10.8. The zero-order chi connectivity index (χ0) is 13.4. The van der Waals surface area contributed by atoms with Crippen LogP contribution in [0.15, 0.2) is 16.6 Å². The third kappa shape index (κ3) is 3.36. The number of benzene rings is 1. The van der Waals surface area contributed by atoms with Gasteiger partial charge in [0.1, 0.15) is 5.75 Å². The van der Waals surface area contributed by atoms with Gasteiger partial charge in [0.2, 0.25) is 0 Å². The normalized spacial score (nSPS) is 17.4. The molecule has 1 aromatic rings. The molecule has 19 heavy (non-hydrogen) atoms. The Kier molecular flexibility index (Phi) is 5.14. The monoisotopic (exact) mass is 352 g/mol. The fraction of sp³-hybridized carbons (Fsp3) is 0.455. The van der Waals surface area contributed by atoms with Gasteiger partial charge in [-0.2, -0.15) is 0 Å². The van der Waals surface area contributed by atoms with Crippen LogP contribution in [0.5, 0.6) is 5.75 Å². The van der Waals surface area contributed by atoms with Crippen LogP contribution in [-0.2, 0) is 0 Å². The minimum Gasteiger partial charge on any atom is -0.506 e. The van der Waals surface area contributed by atoms with Gasteiger partial charge in [-0.1, -0.05) is 0 Å². The van der Waals surface area contributed by atoms with Gasteiger partial charge in [-0.05, 0) is 34.7 Å². The van der Waals surface area contributed by atoms with Crippen LogP contribution in [0.25, 0.3) is 0 Å². The molecule has 106 valence electrons. The highest BCUT2D eigenvalue weighted by Crippen LogP contribution is 2.41. The summed E-state index contributed by atoms with van der Waals surface area (Å²) in [6.45, 7) is 0. The Labute approximate surface area is 124 Å². The highest BCUT2D eigenvalue weighted by atomic mass is 79.9. The largest absolute Gasteiger partial charge is 0.506 e. The van der Waals surface area contributed by atoms with E-state index in [-0.39, 0.29) is 39.8 Å². The molecule has 1 fully saturated rings. The molecular weight excluding hydrogens is 339 g/mol. The minimum atomic E-state index is -0.825. The van der Waals surface area contributed by atoms with Crippen LogP contribution in [0.3, 0.4) is 0 Å². The number of hydrogen-bond acceptors (Lipinski definition) is 5. The Balaban J connectivity index is 0.00000180. The van der Waals surface area contributed by atoms with Gasteiger partial charge >= 0.3 is 0 Å². The number of phenolic OH excluding ortho intramolecular Hbond substituents is 1. The molecule has 1 aromatic carbocycles. The van der Waals surface area contributed by atoms with E-state index in [1.165, 1.54) is 12.1 Å². The molecule has 0 spiro atoms. The van der Waals surface area contributed by atoms with Gasteiger partial charge in [0.05, 0.1) is 21.5 Å². The van der Waals surface area contributed by atoms with Crippen LogP contribution in [0.4, 0.5) is 5.69 Å². The summed E-state index contributed by atoms with van der Waals surface area (Å²) >= 11 is 3.04. The Hall–Kier alpha value is -0.890. The van der Waals surface area contributed by atoms with E-state index in [0.717, 1.165) is 12.8 Å². The van der Waals surface area contributed by atoms with Crippen molar-refractivity contribution in [2.45, 2.75) is 25.0 Å². The third-order valence-corrected chi connectivity index (χ3v) is 3.73. The molecule has 2 rings (SSSR count). The summed E-state index contributed by atoms with van der Waals surface area (Å²) in [6.07, 6.45) is 1.00. The molecule has 0 unspecified atom stereocenters. The molecule has 0 saturated heterocycles. The zero-order valence-corrected chi connectivity index (χ0v) is 12.2. The van der Waals surface area contributed by atoms with Crippen molar-refractivity contribution >= 4 is 34.0 Å². The molecular formula is C11H14BrClN2O4. The summed E-state index contributed by atoms with van der Waals surface area (Å²) in [6, 6.07) is 1.58. The summed E-state index contributed by atoms with van der Waals surface area (Å²) in [5, 5.41) is 30.6. The van der Waals surface area contributed by atoms with Crippen molar-refractivity contribution in [1.82, 2.24) is 0 Å². The lowest BCUT2D eigenvalue weighted by molar-refractivity contribution is -0.385. The summed E-state index contributed by atoms with van der Waals surface area (Å²) in [5.74, 6) is -0.0368. The molecule has 0 heterocycles. The quantitative estimate of drug-likeness (QED) is 0.568. The summed E-state index contributed by atoms with van der Waals surface area (Å²) < 4.78 is 0.199. The fourth-order valence-corrected chi connectivity index (χ4v) is 2.34. The van der Waals surface area contributed by atoms with Crippen molar-refractivity contribution < 1.29 is 15.1 Å². The minimum absolute atomic E-state index is 0. The number of nitro benzene ring substituents is 1. The molecule has 2 atom stereocenters. The second kappa shape index (κ2) is 6.04. The topological polar surface area (TPSA) is 110 Å². The first-order valence-electron chi connectivity index (χ1n) is 5.52. The van der Waals surface area contributed by atoms with Gasteiger partial charge in [0.15, 0.2) is 0 Å². The van der Waals surface area contributed by atoms with Gasteiger partial charge in [-0.3, -0.25) is 10.1 Å². The molecule has 6 nitrogen and oxygen atoms in total. The van der Waals surface area contributed by atoms with E-state index in [0.29, 0.717) is 0 Å². The van der Waals surface area contributed by atoms with Crippen molar-refractivity contribution in [3.8, 4) is 5.75 Å². The average molecular weight is 354 g/mol. The Morgan fingerprint density at radius 2 is 2.05 bits per heavy atom. The lowest BCUT2D eigenvalue weighted by Gasteiger charge is -2.20. The highest BCUT2D eigenvalue weighted by molar-refractivity contribution is 9.10. The van der Waals surface area contributed by atoms with Crippen molar-refractivity contribution in [1.29, 1.82) is 0 Å². The van der Waals surface area contributed by atoms with Gasteiger partial charge < -0.3 is 15.9 Å². The molecule has 1 aliphatic rings. The Bertz CT molecular complexity index is 496. The van der Waals surface area contributed by atoms with Crippen LogP contribution < -0.4 is 5.73 Å². The number of non-ortho nitro benzene ring substituents is 1. The van der Waals surface area contributed by atoms with Gasteiger partial charge in [0, 0.05) is 17.7 Å². The molecule has 1 saturated carbocycles. The fourth-order valence-electron chi connectivity index (χ4n) is 1.88. The van der Waals surface area contributed by atoms with E-state index in [9.17, 15) is 20.3 Å². The van der Waals surface area contributed by atoms with Crippen LogP contribution in [0.2, 0.25) is 0 Å². The maximum Gasteiger partial charge on any atom is 0.271 e. The van der Waals surface area contributed by atoms with Crippen LogP contribution in [-0.4, -0.2) is 21.2 Å². The lowest BCUT2D eigenvalue weighted by Crippen LogP contribution is -2.28. The number of phenols is 1. The maximum atomic E-state index is 10.8. The number of aliphatic hydroxyl groups excluding tert-OH is 1. The van der Waals surface area contributed by atoms with E-state index in [1.807, 2.05) is 0 Å². The van der Waals surface area contributed by atoms with Crippen LogP contribution >= 0.6 is 28.3 Å². The van der Waals surface area contributed by atoms with Crippen molar-refractivity contribution in [2.24, 2.45) is 11.7 Å². The van der Waals surface area contributed by atoms with Crippen molar-refractivity contribution in [3.05, 3.63) is 32.3 Å². The average Bonchev–Trinajstić information content (AvgIpc) is 3.14. The first-order chi connectivity index (χ1) is 8.41. The Morgan fingerprint density at radius 3 is 2.53 bits per heavy atom. The number of nitrogens with two attached hydrogens (primary N) is 1. The van der Waals surface area contributed by atoms with Crippen LogP contribution in [0.1, 0.15) is 24.4 Å². The predicted octanol–water partition coefficient (Wildman–Crippen LogP) is 2.26. The standard InChI is InChI=1S/C11H13BrN2O4.ClH/c12-8-4-6(14(17)18)3-7(11(8)16)9(13)10(15)5-1-2-5;/h3-5,9-10,15-16H,1-2,13H2;1H/t9-,10+;/m1./s1. The number of aromatic hydroxyl groups is 1. The Morgan fingerprint density at radius 1 is 1.47 bits per heavy atom. The molecule has 4 N–H and O–H groups in total. The molecule has 1 aliphatic carbocycles. The molecule has 0 amide bonds. The van der Waals surface area contributed by atoms with Crippen LogP contribution in [0, 0.1) is 16.0 Å². The lowest BCUT2D eigenvalue weighted by atomic mass is 9.98. The summed E-state index contributed by atoms with van der Waals surface area (Å²) in [4.78, 5) is 10.2. The molecule has 0 aliphatic heterocycles. The van der Waals surface area contributed by atoms with Gasteiger partial charge in [-0.25, -0.2) is 0 Å². The smallest absolute Gasteiger partial charge is 0.271 e. The van der Waals surface area contributed by atoms with Crippen molar-refractivity contribution in [2.75, 3.05) is 0 Å². The van der Waals surface area contributed by atoms with Crippen molar-refractivity contribution in [3.63, 3.8) is 0 Å². The van der Waals surface area contributed by atoms with E-state index < -0.39 is 17.1 Å². The predicted molar refractivity (Wildman–Crippen MR) is 75.4 cm³/mol. The SMILES string of the molecule is Cl.N[C@H](c1cc([N+](=O)[O-])cc(Br)c1O)[C@@H](O)C1CC1. The molecule has 8 heteroatoms. The number of hydrogen-bond donors (Lipinski definition) is 3. The number of nitrogens with zero attached hydrogens (tertiary/aromatic N) is 1. The number of aliphatic hydroxyl groups is 1. The first-order valence-corrected chi connectivity index (χ1v) is 6.31.